The monoisotopic (exact) mass is 383 g/mol. The molecule has 2 aromatic rings. The maximum Gasteiger partial charge on any atom is 0.338 e. The molecule has 1 N–H and O–H groups in total. The van der Waals surface area contributed by atoms with Crippen LogP contribution in [0.1, 0.15) is 30.1 Å². The van der Waals surface area contributed by atoms with Crippen LogP contribution in [0.3, 0.4) is 0 Å². The summed E-state index contributed by atoms with van der Waals surface area (Å²) in [7, 11) is 0. The van der Waals surface area contributed by atoms with Crippen molar-refractivity contribution in [2.45, 2.75) is 25.0 Å². The molecule has 27 heavy (non-hydrogen) atoms. The number of esters is 1. The van der Waals surface area contributed by atoms with Gasteiger partial charge in [0, 0.05) is 22.2 Å². The number of fused-ring (bicyclic) bond motifs is 1. The standard InChI is InChI=1S/C21H18ClNO4/c22-16-6-9-18-14(11-16)10-15(12-26-18)21(25)27-19(13-4-2-1-3-5-13)20(24)23-17-7-8-17/h1-6,9-11,17,19H,7-8,12H2,(H,23,24). The summed E-state index contributed by atoms with van der Waals surface area (Å²) in [6.45, 7) is 0.0826. The van der Waals surface area contributed by atoms with Gasteiger partial charge in [0.1, 0.15) is 12.4 Å². The summed E-state index contributed by atoms with van der Waals surface area (Å²) in [5.74, 6) is -0.236. The number of hydrogen-bond donors (Lipinski definition) is 1. The van der Waals surface area contributed by atoms with Crippen LogP contribution >= 0.6 is 11.6 Å². The molecule has 1 amide bonds. The maximum absolute atomic E-state index is 12.7. The molecule has 138 valence electrons. The van der Waals surface area contributed by atoms with E-state index in [-0.39, 0.29) is 18.6 Å². The summed E-state index contributed by atoms with van der Waals surface area (Å²) in [5, 5.41) is 3.45. The Kier molecular flexibility index (Phi) is 4.86. The lowest BCUT2D eigenvalue weighted by molar-refractivity contribution is -0.153. The molecule has 2 aromatic carbocycles. The molecule has 1 unspecified atom stereocenters. The van der Waals surface area contributed by atoms with Crippen LogP contribution in [0, 0.1) is 0 Å². The summed E-state index contributed by atoms with van der Waals surface area (Å²) in [4.78, 5) is 25.3. The fourth-order valence-corrected chi connectivity index (χ4v) is 3.03. The first-order valence-electron chi connectivity index (χ1n) is 8.79. The van der Waals surface area contributed by atoms with Crippen molar-refractivity contribution in [3.05, 3.63) is 70.3 Å². The molecule has 6 heteroatoms. The smallest absolute Gasteiger partial charge is 0.338 e. The van der Waals surface area contributed by atoms with Gasteiger partial charge in [-0.15, -0.1) is 0 Å². The van der Waals surface area contributed by atoms with Gasteiger partial charge in [-0.25, -0.2) is 4.79 Å². The molecule has 1 heterocycles. The first-order valence-corrected chi connectivity index (χ1v) is 9.17. The lowest BCUT2D eigenvalue weighted by Gasteiger charge is -2.21. The van der Waals surface area contributed by atoms with Crippen LogP contribution in [0.5, 0.6) is 5.75 Å². The van der Waals surface area contributed by atoms with Crippen LogP contribution in [0.2, 0.25) is 5.02 Å². The summed E-state index contributed by atoms with van der Waals surface area (Å²) >= 11 is 6.01. The number of nitrogens with one attached hydrogen (secondary N) is 1. The highest BCUT2D eigenvalue weighted by Crippen LogP contribution is 2.30. The Labute approximate surface area is 161 Å². The van der Waals surface area contributed by atoms with Crippen molar-refractivity contribution < 1.29 is 19.1 Å². The highest BCUT2D eigenvalue weighted by molar-refractivity contribution is 6.30. The highest BCUT2D eigenvalue weighted by Gasteiger charge is 2.32. The zero-order valence-corrected chi connectivity index (χ0v) is 15.2. The second-order valence-corrected chi connectivity index (χ2v) is 7.06. The average molecular weight is 384 g/mol. The van der Waals surface area contributed by atoms with Crippen molar-refractivity contribution in [1.82, 2.24) is 5.32 Å². The second kappa shape index (κ2) is 7.45. The molecule has 1 aliphatic carbocycles. The molecule has 2 aliphatic rings. The highest BCUT2D eigenvalue weighted by atomic mass is 35.5. The quantitative estimate of drug-likeness (QED) is 0.800. The van der Waals surface area contributed by atoms with Gasteiger partial charge in [0.2, 0.25) is 6.10 Å². The lowest BCUT2D eigenvalue weighted by Crippen LogP contribution is -2.34. The van der Waals surface area contributed by atoms with Gasteiger partial charge in [-0.05, 0) is 37.1 Å². The molecule has 1 aliphatic heterocycles. The molecule has 4 rings (SSSR count). The molecular formula is C21H18ClNO4. The number of carbonyl (C=O) groups is 2. The first kappa shape index (κ1) is 17.6. The Morgan fingerprint density at radius 2 is 1.93 bits per heavy atom. The van der Waals surface area contributed by atoms with Gasteiger partial charge < -0.3 is 14.8 Å². The minimum Gasteiger partial charge on any atom is -0.488 e. The number of hydrogen-bond acceptors (Lipinski definition) is 4. The van der Waals surface area contributed by atoms with E-state index in [4.69, 9.17) is 21.1 Å². The summed E-state index contributed by atoms with van der Waals surface area (Å²) in [6.07, 6.45) is 2.60. The van der Waals surface area contributed by atoms with E-state index in [1.807, 2.05) is 18.2 Å². The molecular weight excluding hydrogens is 366 g/mol. The predicted molar refractivity (Wildman–Crippen MR) is 101 cm³/mol. The van der Waals surface area contributed by atoms with Crippen LogP contribution in [-0.4, -0.2) is 24.5 Å². The average Bonchev–Trinajstić information content (AvgIpc) is 3.49. The topological polar surface area (TPSA) is 64.6 Å². The van der Waals surface area contributed by atoms with Crippen LogP contribution in [0.4, 0.5) is 0 Å². The van der Waals surface area contributed by atoms with Crippen molar-refractivity contribution >= 4 is 29.6 Å². The van der Waals surface area contributed by atoms with Gasteiger partial charge in [-0.2, -0.15) is 0 Å². The van der Waals surface area contributed by atoms with Crippen molar-refractivity contribution in [2.75, 3.05) is 6.61 Å². The minimum atomic E-state index is -0.999. The van der Waals surface area contributed by atoms with Crippen LogP contribution in [0.15, 0.2) is 54.1 Å². The Hall–Kier alpha value is -2.79. The van der Waals surface area contributed by atoms with Gasteiger partial charge in [0.25, 0.3) is 5.91 Å². The molecule has 1 atom stereocenters. The summed E-state index contributed by atoms with van der Waals surface area (Å²) < 4.78 is 11.2. The van der Waals surface area contributed by atoms with E-state index in [9.17, 15) is 9.59 Å². The molecule has 0 aromatic heterocycles. The fourth-order valence-electron chi connectivity index (χ4n) is 2.85. The van der Waals surface area contributed by atoms with E-state index in [0.717, 1.165) is 12.8 Å². The van der Waals surface area contributed by atoms with E-state index in [2.05, 4.69) is 5.32 Å². The molecule has 1 saturated carbocycles. The van der Waals surface area contributed by atoms with Crippen molar-refractivity contribution in [2.24, 2.45) is 0 Å². The predicted octanol–water partition coefficient (Wildman–Crippen LogP) is 3.68. The van der Waals surface area contributed by atoms with Crippen molar-refractivity contribution in [3.8, 4) is 5.75 Å². The van der Waals surface area contributed by atoms with E-state index in [0.29, 0.717) is 27.5 Å². The van der Waals surface area contributed by atoms with Gasteiger partial charge in [0.15, 0.2) is 0 Å². The third kappa shape index (κ3) is 4.14. The Morgan fingerprint density at radius 1 is 1.15 bits per heavy atom. The number of amides is 1. The number of rotatable bonds is 5. The van der Waals surface area contributed by atoms with Crippen molar-refractivity contribution in [3.63, 3.8) is 0 Å². The number of carbonyl (C=O) groups excluding carboxylic acids is 2. The van der Waals surface area contributed by atoms with Gasteiger partial charge >= 0.3 is 5.97 Å². The van der Waals surface area contributed by atoms with E-state index >= 15 is 0 Å². The van der Waals surface area contributed by atoms with E-state index in [1.165, 1.54) is 0 Å². The van der Waals surface area contributed by atoms with E-state index < -0.39 is 12.1 Å². The minimum absolute atomic E-state index is 0.0826. The van der Waals surface area contributed by atoms with Crippen LogP contribution in [0.25, 0.3) is 6.08 Å². The Balaban J connectivity index is 1.55. The third-order valence-electron chi connectivity index (χ3n) is 4.44. The summed E-state index contributed by atoms with van der Waals surface area (Å²) in [6, 6.07) is 14.4. The number of benzene rings is 2. The third-order valence-corrected chi connectivity index (χ3v) is 4.67. The van der Waals surface area contributed by atoms with Crippen LogP contribution < -0.4 is 10.1 Å². The number of halogens is 1. The lowest BCUT2D eigenvalue weighted by atomic mass is 10.1. The number of ether oxygens (including phenoxy) is 2. The normalized spacial score (nSPS) is 16.4. The largest absolute Gasteiger partial charge is 0.488 e. The van der Waals surface area contributed by atoms with Crippen LogP contribution in [-0.2, 0) is 14.3 Å². The van der Waals surface area contributed by atoms with E-state index in [1.54, 1.807) is 36.4 Å². The molecule has 0 radical (unpaired) electrons. The first-order chi connectivity index (χ1) is 13.1. The molecule has 0 saturated heterocycles. The molecule has 5 nitrogen and oxygen atoms in total. The Bertz CT molecular complexity index is 906. The van der Waals surface area contributed by atoms with Gasteiger partial charge in [-0.3, -0.25) is 4.79 Å². The molecule has 0 spiro atoms. The van der Waals surface area contributed by atoms with Gasteiger partial charge in [-0.1, -0.05) is 41.9 Å². The maximum atomic E-state index is 12.7. The molecule has 1 fully saturated rings. The molecule has 0 bridgehead atoms. The Morgan fingerprint density at radius 3 is 2.67 bits per heavy atom. The zero-order valence-electron chi connectivity index (χ0n) is 14.5. The zero-order chi connectivity index (χ0) is 18.8. The SMILES string of the molecule is O=C(OC(C(=O)NC1CC1)c1ccccc1)C1=Cc2cc(Cl)ccc2OC1. The summed E-state index contributed by atoms with van der Waals surface area (Å²) in [5.41, 5.74) is 1.68. The van der Waals surface area contributed by atoms with Gasteiger partial charge in [0.05, 0.1) is 5.57 Å². The fraction of sp³-hybridized carbons (Fsp3) is 0.238. The second-order valence-electron chi connectivity index (χ2n) is 6.62. The van der Waals surface area contributed by atoms with Crippen molar-refractivity contribution in [1.29, 1.82) is 0 Å².